The third-order valence-electron chi connectivity index (χ3n) is 5.96. The van der Waals surface area contributed by atoms with Crippen molar-refractivity contribution in [1.82, 2.24) is 9.78 Å². The maximum absolute atomic E-state index is 14.2. The standard InChI is InChI=1S/C24H33FN2O9/c1-6-33-23(31)34-11-18-19(28)20(29)21(30)24(32,35-18)36-22-16(14(5)27(26-22)12(2)3)9-15-8-7-13(4)17(25)10-15/h7-8,10,12,18-21,28-30,32H,6,9,11H2,1-5H3/t18-,19-,20+,21-,24-/m1/s1. The predicted molar refractivity (Wildman–Crippen MR) is 123 cm³/mol. The van der Waals surface area contributed by atoms with Gasteiger partial charge < -0.3 is 39.4 Å². The minimum atomic E-state index is -2.86. The average Bonchev–Trinajstić information content (AvgIpc) is 3.11. The van der Waals surface area contributed by atoms with E-state index < -0.39 is 43.2 Å². The molecule has 1 aliphatic rings. The van der Waals surface area contributed by atoms with E-state index in [1.54, 1.807) is 37.6 Å². The summed E-state index contributed by atoms with van der Waals surface area (Å²) in [4.78, 5) is 11.5. The van der Waals surface area contributed by atoms with Crippen molar-refractivity contribution in [2.24, 2.45) is 0 Å². The third-order valence-corrected chi connectivity index (χ3v) is 5.96. The molecular weight excluding hydrogens is 479 g/mol. The fraction of sp³-hybridized carbons (Fsp3) is 0.583. The Labute approximate surface area is 208 Å². The van der Waals surface area contributed by atoms with Gasteiger partial charge in [0.1, 0.15) is 30.7 Å². The van der Waals surface area contributed by atoms with Crippen LogP contribution >= 0.6 is 0 Å². The first-order valence-corrected chi connectivity index (χ1v) is 11.6. The molecule has 0 saturated carbocycles. The molecule has 1 saturated heterocycles. The molecule has 1 aromatic carbocycles. The number of hydrogen-bond donors (Lipinski definition) is 4. The number of carbonyl (C=O) groups is 1. The van der Waals surface area contributed by atoms with Crippen molar-refractivity contribution >= 4 is 6.16 Å². The molecule has 3 rings (SSSR count). The fourth-order valence-electron chi connectivity index (χ4n) is 3.91. The Morgan fingerprint density at radius 1 is 1.22 bits per heavy atom. The smallest absolute Gasteiger partial charge is 0.435 e. The number of benzene rings is 1. The molecule has 0 bridgehead atoms. The number of aromatic nitrogens is 2. The summed E-state index contributed by atoms with van der Waals surface area (Å²) in [6.07, 6.45) is -8.08. The number of rotatable bonds is 8. The zero-order valence-electron chi connectivity index (χ0n) is 20.8. The largest absolute Gasteiger partial charge is 0.508 e. The van der Waals surface area contributed by atoms with Gasteiger partial charge in [-0.1, -0.05) is 12.1 Å². The lowest BCUT2D eigenvalue weighted by atomic mass is 9.97. The molecule has 4 N–H and O–H groups in total. The first kappa shape index (κ1) is 27.8. The highest BCUT2D eigenvalue weighted by Gasteiger charge is 2.56. The second kappa shape index (κ2) is 11.1. The van der Waals surface area contributed by atoms with Crippen LogP contribution in [0.1, 0.15) is 49.2 Å². The number of halogens is 1. The van der Waals surface area contributed by atoms with Crippen LogP contribution in [-0.2, 0) is 20.6 Å². The zero-order chi connectivity index (χ0) is 26.8. The number of aliphatic hydroxyl groups is 4. The Morgan fingerprint density at radius 3 is 2.53 bits per heavy atom. The highest BCUT2D eigenvalue weighted by Crippen LogP contribution is 2.34. The van der Waals surface area contributed by atoms with Gasteiger partial charge >= 0.3 is 12.1 Å². The number of ether oxygens (including phenoxy) is 4. The van der Waals surface area contributed by atoms with Gasteiger partial charge in [-0.15, -0.1) is 5.10 Å². The van der Waals surface area contributed by atoms with E-state index in [4.69, 9.17) is 14.2 Å². The summed E-state index contributed by atoms with van der Waals surface area (Å²) in [6, 6.07) is 4.66. The summed E-state index contributed by atoms with van der Waals surface area (Å²) in [5.41, 5.74) is 2.25. The normalized spacial score (nSPS) is 26.2. The molecule has 0 spiro atoms. The molecule has 0 unspecified atom stereocenters. The molecule has 36 heavy (non-hydrogen) atoms. The van der Waals surface area contributed by atoms with Crippen LogP contribution in [0.5, 0.6) is 5.88 Å². The van der Waals surface area contributed by atoms with Gasteiger partial charge in [-0.2, -0.15) is 0 Å². The molecular formula is C24H33FN2O9. The van der Waals surface area contributed by atoms with Gasteiger partial charge in [-0.3, -0.25) is 4.68 Å². The highest BCUT2D eigenvalue weighted by atomic mass is 19.1. The van der Waals surface area contributed by atoms with Crippen LogP contribution in [0.4, 0.5) is 9.18 Å². The fourth-order valence-corrected chi connectivity index (χ4v) is 3.91. The van der Waals surface area contributed by atoms with Crippen LogP contribution in [0.15, 0.2) is 18.2 Å². The maximum atomic E-state index is 14.2. The van der Waals surface area contributed by atoms with Gasteiger partial charge in [0.15, 0.2) is 6.10 Å². The van der Waals surface area contributed by atoms with Crippen LogP contribution in [0.25, 0.3) is 0 Å². The predicted octanol–water partition coefficient (Wildman–Crippen LogP) is 1.49. The van der Waals surface area contributed by atoms with Gasteiger partial charge in [0.25, 0.3) is 0 Å². The zero-order valence-corrected chi connectivity index (χ0v) is 20.8. The van der Waals surface area contributed by atoms with Crippen LogP contribution in [-0.4, -0.2) is 80.0 Å². The topological polar surface area (TPSA) is 153 Å². The number of carbonyl (C=O) groups excluding carboxylic acids is 1. The monoisotopic (exact) mass is 512 g/mol. The van der Waals surface area contributed by atoms with E-state index in [9.17, 15) is 29.6 Å². The SMILES string of the molecule is CCOC(=O)OC[C@H]1O[C@@](O)(Oc2nn(C(C)C)c(C)c2Cc2ccc(C)c(F)c2)[C@H](O)[C@@H](O)[C@@H]1O. The Hall–Kier alpha value is -2.77. The van der Waals surface area contributed by atoms with Gasteiger partial charge in [-0.05, 0) is 51.8 Å². The van der Waals surface area contributed by atoms with Gasteiger partial charge in [0.2, 0.25) is 5.88 Å². The van der Waals surface area contributed by atoms with E-state index in [-0.39, 0.29) is 30.8 Å². The van der Waals surface area contributed by atoms with Gasteiger partial charge in [-0.25, -0.2) is 9.18 Å². The van der Waals surface area contributed by atoms with Crippen molar-refractivity contribution in [1.29, 1.82) is 0 Å². The summed E-state index contributed by atoms with van der Waals surface area (Å²) in [7, 11) is 0. The molecule has 12 heteroatoms. The molecule has 5 atom stereocenters. The summed E-state index contributed by atoms with van der Waals surface area (Å²) < 4.78 is 36.3. The summed E-state index contributed by atoms with van der Waals surface area (Å²) in [5.74, 6) is -3.37. The van der Waals surface area contributed by atoms with E-state index in [1.807, 2.05) is 13.8 Å². The summed E-state index contributed by atoms with van der Waals surface area (Å²) >= 11 is 0. The number of nitrogens with zero attached hydrogens (tertiary/aromatic N) is 2. The van der Waals surface area contributed by atoms with Crippen LogP contribution in [0.2, 0.25) is 0 Å². The quantitative estimate of drug-likeness (QED) is 0.302. The molecule has 0 radical (unpaired) electrons. The molecule has 200 valence electrons. The first-order chi connectivity index (χ1) is 16.9. The van der Waals surface area contributed by atoms with Crippen LogP contribution in [0.3, 0.4) is 0 Å². The molecule has 11 nitrogen and oxygen atoms in total. The minimum absolute atomic E-state index is 0.0484. The average molecular weight is 513 g/mol. The van der Waals surface area contributed by atoms with E-state index in [0.717, 1.165) is 0 Å². The number of aryl methyl sites for hydroxylation is 1. The van der Waals surface area contributed by atoms with Gasteiger partial charge in [0, 0.05) is 23.7 Å². The van der Waals surface area contributed by atoms with E-state index in [0.29, 0.717) is 22.4 Å². The number of aliphatic hydroxyl groups excluding tert-OH is 3. The van der Waals surface area contributed by atoms with Crippen molar-refractivity contribution in [2.45, 2.75) is 77.5 Å². The Morgan fingerprint density at radius 2 is 1.92 bits per heavy atom. The molecule has 1 fully saturated rings. The Balaban J connectivity index is 1.92. The lowest BCUT2D eigenvalue weighted by Gasteiger charge is -2.44. The van der Waals surface area contributed by atoms with Crippen molar-refractivity contribution in [3.63, 3.8) is 0 Å². The number of hydrogen-bond acceptors (Lipinski definition) is 10. The summed E-state index contributed by atoms with van der Waals surface area (Å²) in [6.45, 7) is 8.19. The van der Waals surface area contributed by atoms with E-state index >= 15 is 0 Å². The van der Waals surface area contributed by atoms with Crippen molar-refractivity contribution in [2.75, 3.05) is 13.2 Å². The molecule has 1 aliphatic heterocycles. The summed E-state index contributed by atoms with van der Waals surface area (Å²) in [5, 5.41) is 46.6. The Bertz CT molecular complexity index is 1080. The second-order valence-electron chi connectivity index (χ2n) is 8.98. The molecule has 0 aliphatic carbocycles. The lowest BCUT2D eigenvalue weighted by molar-refractivity contribution is -0.423. The second-order valence-corrected chi connectivity index (χ2v) is 8.98. The first-order valence-electron chi connectivity index (χ1n) is 11.6. The van der Waals surface area contributed by atoms with E-state index in [2.05, 4.69) is 9.84 Å². The maximum Gasteiger partial charge on any atom is 0.508 e. The minimum Gasteiger partial charge on any atom is -0.435 e. The van der Waals surface area contributed by atoms with E-state index in [1.165, 1.54) is 6.07 Å². The molecule has 0 amide bonds. The molecule has 2 aromatic rings. The van der Waals surface area contributed by atoms with Crippen molar-refractivity contribution in [3.05, 3.63) is 46.4 Å². The highest BCUT2D eigenvalue weighted by molar-refractivity contribution is 5.59. The van der Waals surface area contributed by atoms with Crippen molar-refractivity contribution in [3.8, 4) is 5.88 Å². The molecule has 1 aromatic heterocycles. The van der Waals surface area contributed by atoms with Gasteiger partial charge in [0.05, 0.1) is 6.61 Å². The van der Waals surface area contributed by atoms with Crippen LogP contribution < -0.4 is 4.74 Å². The lowest BCUT2D eigenvalue weighted by Crippen LogP contribution is -2.67. The Kier molecular flexibility index (Phi) is 8.57. The molecule has 2 heterocycles. The van der Waals surface area contributed by atoms with Crippen LogP contribution in [0, 0.1) is 19.7 Å². The third kappa shape index (κ3) is 5.79. The van der Waals surface area contributed by atoms with Crippen molar-refractivity contribution < 1.29 is 48.6 Å².